The van der Waals surface area contributed by atoms with Gasteiger partial charge in [0.25, 0.3) is 0 Å². The molecule has 0 heterocycles. The van der Waals surface area contributed by atoms with E-state index < -0.39 is 0 Å². The lowest BCUT2D eigenvalue weighted by Crippen LogP contribution is -2.32. The number of hydrogen-bond acceptors (Lipinski definition) is 1. The van der Waals surface area contributed by atoms with Crippen molar-refractivity contribution in [1.29, 1.82) is 0 Å². The Hall–Kier alpha value is -1.31. The van der Waals surface area contributed by atoms with Gasteiger partial charge in [0.2, 0.25) is 5.91 Å². The molecule has 2 heteroatoms. The van der Waals surface area contributed by atoms with E-state index in [1.807, 2.05) is 0 Å². The summed E-state index contributed by atoms with van der Waals surface area (Å²) in [4.78, 5) is 12.1. The maximum atomic E-state index is 12.1. The van der Waals surface area contributed by atoms with Gasteiger partial charge < -0.3 is 5.32 Å². The van der Waals surface area contributed by atoms with Crippen LogP contribution in [0.5, 0.6) is 0 Å². The van der Waals surface area contributed by atoms with Gasteiger partial charge in [-0.2, -0.15) is 0 Å². The first-order valence-electron chi connectivity index (χ1n) is 7.00. The third-order valence-electron chi connectivity index (χ3n) is 4.11. The molecule has 0 bridgehead atoms. The van der Waals surface area contributed by atoms with E-state index in [1.165, 1.54) is 36.8 Å². The molecule has 0 saturated heterocycles. The van der Waals surface area contributed by atoms with Crippen molar-refractivity contribution in [2.24, 2.45) is 11.8 Å². The zero-order chi connectivity index (χ0) is 13.0. The van der Waals surface area contributed by atoms with Gasteiger partial charge in [-0.05, 0) is 31.2 Å². The molecule has 1 saturated carbocycles. The molecule has 0 spiro atoms. The molecule has 2 rings (SSSR count). The molecule has 0 radical (unpaired) electrons. The summed E-state index contributed by atoms with van der Waals surface area (Å²) in [6.07, 6.45) is 5.03. The van der Waals surface area contributed by atoms with Crippen molar-refractivity contribution in [3.63, 3.8) is 0 Å². The highest BCUT2D eigenvalue weighted by Crippen LogP contribution is 2.31. The maximum absolute atomic E-state index is 12.1. The summed E-state index contributed by atoms with van der Waals surface area (Å²) in [5.41, 5.74) is 2.43. The number of amides is 1. The molecular weight excluding hydrogens is 222 g/mol. The van der Waals surface area contributed by atoms with Gasteiger partial charge in [-0.25, -0.2) is 0 Å². The monoisotopic (exact) mass is 245 g/mol. The first-order valence-corrected chi connectivity index (χ1v) is 7.00. The third kappa shape index (κ3) is 3.34. The van der Waals surface area contributed by atoms with E-state index in [-0.39, 0.29) is 11.8 Å². The first-order chi connectivity index (χ1) is 8.66. The van der Waals surface area contributed by atoms with Crippen molar-refractivity contribution in [2.75, 3.05) is 0 Å². The lowest BCUT2D eigenvalue weighted by Gasteiger charge is -2.18. The van der Waals surface area contributed by atoms with Gasteiger partial charge >= 0.3 is 0 Å². The minimum atomic E-state index is 0.165. The van der Waals surface area contributed by atoms with Gasteiger partial charge in [-0.15, -0.1) is 0 Å². The highest BCUT2D eigenvalue weighted by molar-refractivity contribution is 5.78. The average molecular weight is 245 g/mol. The largest absolute Gasteiger partial charge is 0.352 e. The molecule has 1 fully saturated rings. The van der Waals surface area contributed by atoms with Crippen LogP contribution < -0.4 is 5.32 Å². The second kappa shape index (κ2) is 6.03. The molecule has 1 N–H and O–H groups in total. The van der Waals surface area contributed by atoms with E-state index in [0.717, 1.165) is 0 Å². The van der Waals surface area contributed by atoms with Crippen molar-refractivity contribution in [1.82, 2.24) is 5.32 Å². The summed E-state index contributed by atoms with van der Waals surface area (Å²) in [6.45, 7) is 4.79. The first kappa shape index (κ1) is 13.1. The summed E-state index contributed by atoms with van der Waals surface area (Å²) < 4.78 is 0. The van der Waals surface area contributed by atoms with Crippen LogP contribution in [0.1, 0.15) is 43.7 Å². The highest BCUT2D eigenvalue weighted by atomic mass is 16.1. The van der Waals surface area contributed by atoms with Crippen LogP contribution in [0.25, 0.3) is 0 Å². The van der Waals surface area contributed by atoms with Crippen molar-refractivity contribution in [3.8, 4) is 0 Å². The van der Waals surface area contributed by atoms with E-state index in [9.17, 15) is 4.79 Å². The van der Waals surface area contributed by atoms with E-state index >= 15 is 0 Å². The molecule has 0 aromatic heterocycles. The molecule has 1 aliphatic carbocycles. The van der Waals surface area contributed by atoms with Gasteiger partial charge in [-0.1, -0.05) is 49.6 Å². The lowest BCUT2D eigenvalue weighted by atomic mass is 9.92. The fourth-order valence-electron chi connectivity index (χ4n) is 2.73. The smallest absolute Gasteiger partial charge is 0.223 e. The quantitative estimate of drug-likeness (QED) is 0.865. The molecule has 98 valence electrons. The second-order valence-corrected chi connectivity index (χ2v) is 5.54. The zero-order valence-electron chi connectivity index (χ0n) is 11.4. The van der Waals surface area contributed by atoms with Crippen LogP contribution in [0.4, 0.5) is 0 Å². The second-order valence-electron chi connectivity index (χ2n) is 5.54. The number of hydrogen-bond donors (Lipinski definition) is 1. The molecule has 1 aliphatic rings. The summed E-state index contributed by atoms with van der Waals surface area (Å²) in [7, 11) is 0. The number of aryl methyl sites for hydroxylation is 1. The Kier molecular flexibility index (Phi) is 4.40. The van der Waals surface area contributed by atoms with Crippen molar-refractivity contribution < 1.29 is 4.79 Å². The molecule has 1 unspecified atom stereocenters. The molecule has 1 aromatic rings. The van der Waals surface area contributed by atoms with Crippen LogP contribution in [-0.4, -0.2) is 5.91 Å². The highest BCUT2D eigenvalue weighted by Gasteiger charge is 2.26. The predicted octanol–water partition coefficient (Wildman–Crippen LogP) is 3.44. The molecule has 1 aromatic carbocycles. The molecule has 1 amide bonds. The van der Waals surface area contributed by atoms with Gasteiger partial charge in [0, 0.05) is 12.5 Å². The van der Waals surface area contributed by atoms with Gasteiger partial charge in [0.15, 0.2) is 0 Å². The Morgan fingerprint density at radius 1 is 1.28 bits per heavy atom. The van der Waals surface area contributed by atoms with E-state index in [0.29, 0.717) is 12.5 Å². The Labute approximate surface area is 110 Å². The van der Waals surface area contributed by atoms with Gasteiger partial charge in [-0.3, -0.25) is 4.79 Å². The molecule has 1 atom stereocenters. The predicted molar refractivity (Wildman–Crippen MR) is 74.1 cm³/mol. The topological polar surface area (TPSA) is 29.1 Å². The van der Waals surface area contributed by atoms with Crippen LogP contribution in [0.2, 0.25) is 0 Å². The molecule has 0 aliphatic heterocycles. The molecule has 2 nitrogen and oxygen atoms in total. The van der Waals surface area contributed by atoms with Crippen LogP contribution in [-0.2, 0) is 11.3 Å². The number of carbonyl (C=O) groups is 1. The number of rotatable bonds is 4. The fraction of sp³-hybridized carbons (Fsp3) is 0.562. The van der Waals surface area contributed by atoms with Crippen molar-refractivity contribution in [3.05, 3.63) is 35.4 Å². The van der Waals surface area contributed by atoms with Crippen LogP contribution >= 0.6 is 0 Å². The van der Waals surface area contributed by atoms with Gasteiger partial charge in [0.1, 0.15) is 0 Å². The summed E-state index contributed by atoms with van der Waals surface area (Å²) in [5, 5.41) is 3.06. The van der Waals surface area contributed by atoms with Gasteiger partial charge in [0.05, 0.1) is 0 Å². The standard InChI is InChI=1S/C16H23NO/c1-12-7-9-14(10-8-12)11-17-16(18)13(2)15-5-3-4-6-15/h7-10,13,15H,3-6,11H2,1-2H3,(H,17,18). The third-order valence-corrected chi connectivity index (χ3v) is 4.11. The van der Waals surface area contributed by atoms with Crippen molar-refractivity contribution >= 4 is 5.91 Å². The summed E-state index contributed by atoms with van der Waals surface area (Å²) in [6, 6.07) is 8.33. The van der Waals surface area contributed by atoms with Crippen LogP contribution in [0, 0.1) is 18.8 Å². The average Bonchev–Trinajstić information content (AvgIpc) is 2.90. The molecule has 18 heavy (non-hydrogen) atoms. The van der Waals surface area contributed by atoms with Crippen molar-refractivity contribution in [2.45, 2.75) is 46.1 Å². The SMILES string of the molecule is Cc1ccc(CNC(=O)C(C)C2CCCC2)cc1. The normalized spacial score (nSPS) is 17.7. The minimum Gasteiger partial charge on any atom is -0.352 e. The van der Waals surface area contributed by atoms with Crippen LogP contribution in [0.3, 0.4) is 0 Å². The van der Waals surface area contributed by atoms with E-state index in [4.69, 9.17) is 0 Å². The lowest BCUT2D eigenvalue weighted by molar-refractivity contribution is -0.126. The Morgan fingerprint density at radius 3 is 2.50 bits per heavy atom. The minimum absolute atomic E-state index is 0.165. The summed E-state index contributed by atoms with van der Waals surface area (Å²) in [5.74, 6) is 0.975. The maximum Gasteiger partial charge on any atom is 0.223 e. The van der Waals surface area contributed by atoms with E-state index in [2.05, 4.69) is 43.4 Å². The Bertz CT molecular complexity index is 390. The Balaban J connectivity index is 1.82. The molecular formula is C16H23NO. The van der Waals surface area contributed by atoms with E-state index in [1.54, 1.807) is 0 Å². The number of nitrogens with one attached hydrogen (secondary N) is 1. The summed E-state index contributed by atoms with van der Waals surface area (Å²) >= 11 is 0. The zero-order valence-corrected chi connectivity index (χ0v) is 11.4. The van der Waals surface area contributed by atoms with Crippen LogP contribution in [0.15, 0.2) is 24.3 Å². The Morgan fingerprint density at radius 2 is 1.89 bits per heavy atom. The fourth-order valence-corrected chi connectivity index (χ4v) is 2.73. The number of carbonyl (C=O) groups excluding carboxylic acids is 1. The number of benzene rings is 1.